The molecule has 8 heteroatoms. The van der Waals surface area contributed by atoms with Gasteiger partial charge in [-0.1, -0.05) is 35.8 Å². The van der Waals surface area contributed by atoms with Crippen LogP contribution in [0.25, 0.3) is 0 Å². The van der Waals surface area contributed by atoms with E-state index in [4.69, 9.17) is 19.1 Å². The quantitative estimate of drug-likeness (QED) is 0.253. The topological polar surface area (TPSA) is 95.8 Å². The molecule has 4 aliphatic carbocycles. The van der Waals surface area contributed by atoms with Crippen molar-refractivity contribution in [1.29, 1.82) is 0 Å². The molecule has 0 aromatic rings. The normalized spacial score (nSPS) is 43.9. The van der Waals surface area contributed by atoms with Gasteiger partial charge in [-0.25, -0.2) is 4.79 Å². The Morgan fingerprint density at radius 3 is 2.60 bits per heavy atom. The third-order valence-corrected chi connectivity index (χ3v) is 10.4. The van der Waals surface area contributed by atoms with Gasteiger partial charge in [-0.15, -0.1) is 0 Å². The number of hydrogen-bond donors (Lipinski definition) is 0. The molecule has 5 rings (SSSR count). The summed E-state index contributed by atoms with van der Waals surface area (Å²) in [4.78, 5) is 35.7. The van der Waals surface area contributed by atoms with Crippen LogP contribution in [0.1, 0.15) is 72.6 Å². The zero-order valence-electron chi connectivity index (χ0n) is 21.8. The predicted octanol–water partition coefficient (Wildman–Crippen LogP) is 4.43. The van der Waals surface area contributed by atoms with E-state index >= 15 is 0 Å². The highest BCUT2D eigenvalue weighted by atomic mass is 16.7. The highest BCUT2D eigenvalue weighted by Gasteiger charge is 2.74. The third kappa shape index (κ3) is 3.23. The number of ether oxygens (including phenoxy) is 2. The maximum absolute atomic E-state index is 12.7. The summed E-state index contributed by atoms with van der Waals surface area (Å²) in [6, 6.07) is 0. The standard InChI is InChI=1S/C27H38N2O6/c1-15(28-33-6)27-22(23(29-35-27)24(31)32-5)14-21-19-8-7-17-13-18(34-16(2)30)9-11-25(17,3)20(19)10-12-26(21,27)4/h7,18-22H,8-14H2,1-6H3/b28-15-/t18-,19-,20+,21-,22-,25-,26-,27+/m0/s1. The fourth-order valence-electron chi connectivity index (χ4n) is 8.87. The van der Waals surface area contributed by atoms with Gasteiger partial charge in [0.15, 0.2) is 11.3 Å². The number of oxime groups is 2. The molecule has 5 aliphatic rings. The Kier molecular flexibility index (Phi) is 5.80. The number of fused-ring (bicyclic) bond motifs is 7. The lowest BCUT2D eigenvalue weighted by Crippen LogP contribution is -2.59. The number of methoxy groups -OCH3 is 1. The van der Waals surface area contributed by atoms with E-state index in [1.165, 1.54) is 26.7 Å². The molecule has 0 amide bonds. The molecule has 3 saturated carbocycles. The average molecular weight is 487 g/mol. The first-order valence-electron chi connectivity index (χ1n) is 12.9. The molecular weight excluding hydrogens is 448 g/mol. The number of allylic oxidation sites excluding steroid dienone is 1. The van der Waals surface area contributed by atoms with Gasteiger partial charge in [-0.3, -0.25) is 4.79 Å². The Balaban J connectivity index is 1.51. The molecule has 0 saturated heterocycles. The maximum Gasteiger partial charge on any atom is 0.356 e. The molecule has 0 aromatic heterocycles. The fourth-order valence-corrected chi connectivity index (χ4v) is 8.87. The van der Waals surface area contributed by atoms with Gasteiger partial charge in [0.05, 0.1) is 13.0 Å². The number of carbonyl (C=O) groups excluding carboxylic acids is 2. The Morgan fingerprint density at radius 1 is 1.14 bits per heavy atom. The fraction of sp³-hybridized carbons (Fsp3) is 0.778. The Bertz CT molecular complexity index is 1020. The maximum atomic E-state index is 12.7. The lowest BCUT2D eigenvalue weighted by molar-refractivity contribution is -0.149. The second-order valence-corrected chi connectivity index (χ2v) is 11.6. The molecule has 0 N–H and O–H groups in total. The minimum absolute atomic E-state index is 0.00790. The van der Waals surface area contributed by atoms with Crippen LogP contribution in [0.3, 0.4) is 0 Å². The summed E-state index contributed by atoms with van der Waals surface area (Å²) in [5.41, 5.74) is 1.63. The molecule has 1 heterocycles. The number of esters is 2. The zero-order valence-corrected chi connectivity index (χ0v) is 21.8. The van der Waals surface area contributed by atoms with Crippen LogP contribution < -0.4 is 0 Å². The summed E-state index contributed by atoms with van der Waals surface area (Å²) in [6.07, 6.45) is 9.06. The van der Waals surface area contributed by atoms with E-state index in [0.717, 1.165) is 50.7 Å². The van der Waals surface area contributed by atoms with Crippen molar-refractivity contribution in [2.75, 3.05) is 14.2 Å². The van der Waals surface area contributed by atoms with Gasteiger partial charge in [-0.05, 0) is 68.6 Å². The highest BCUT2D eigenvalue weighted by Crippen LogP contribution is 2.70. The summed E-state index contributed by atoms with van der Waals surface area (Å²) < 4.78 is 10.7. The second-order valence-electron chi connectivity index (χ2n) is 11.6. The first kappa shape index (κ1) is 24.3. The van der Waals surface area contributed by atoms with Crippen LogP contribution in [0.2, 0.25) is 0 Å². The SMILES string of the molecule is CO/N=C(/C)[C@@]12ON=C(C(=O)OC)[C@@H]1C[C@H]1[C@H]3CC=C4C[C@@H](OC(C)=O)CC[C@]4(C)[C@@H]3CC[C@@]12C. The van der Waals surface area contributed by atoms with Crippen LogP contribution in [0.5, 0.6) is 0 Å². The summed E-state index contributed by atoms with van der Waals surface area (Å²) in [7, 11) is 2.93. The molecule has 1 aliphatic heterocycles. The Hall–Kier alpha value is -2.38. The van der Waals surface area contributed by atoms with Crippen molar-refractivity contribution in [3.05, 3.63) is 11.6 Å². The van der Waals surface area contributed by atoms with Crippen molar-refractivity contribution in [2.45, 2.75) is 84.3 Å². The number of rotatable bonds is 4. The van der Waals surface area contributed by atoms with E-state index in [0.29, 0.717) is 23.5 Å². The molecule has 0 bridgehead atoms. The first-order chi connectivity index (χ1) is 16.6. The van der Waals surface area contributed by atoms with Crippen LogP contribution in [-0.2, 0) is 28.7 Å². The summed E-state index contributed by atoms with van der Waals surface area (Å²) in [6.45, 7) is 8.15. The van der Waals surface area contributed by atoms with E-state index in [2.05, 4.69) is 30.2 Å². The zero-order chi connectivity index (χ0) is 25.2. The van der Waals surface area contributed by atoms with Crippen molar-refractivity contribution in [3.8, 4) is 0 Å². The Labute approximate surface area is 207 Å². The van der Waals surface area contributed by atoms with Crippen LogP contribution >= 0.6 is 0 Å². The molecule has 0 spiro atoms. The molecular formula is C27H38N2O6. The highest BCUT2D eigenvalue weighted by molar-refractivity contribution is 6.38. The molecule has 3 fully saturated rings. The first-order valence-corrected chi connectivity index (χ1v) is 12.9. The lowest BCUT2D eigenvalue weighted by Gasteiger charge is -2.58. The second kappa shape index (κ2) is 8.34. The number of nitrogens with zero attached hydrogens (tertiary/aromatic N) is 2. The van der Waals surface area contributed by atoms with Crippen molar-refractivity contribution >= 4 is 23.4 Å². The molecule has 35 heavy (non-hydrogen) atoms. The van der Waals surface area contributed by atoms with E-state index in [-0.39, 0.29) is 28.8 Å². The van der Waals surface area contributed by atoms with Gasteiger partial charge in [-0.2, -0.15) is 0 Å². The smallest absolute Gasteiger partial charge is 0.356 e. The minimum Gasteiger partial charge on any atom is -0.464 e. The van der Waals surface area contributed by atoms with Gasteiger partial charge >= 0.3 is 11.9 Å². The van der Waals surface area contributed by atoms with Crippen LogP contribution in [0, 0.1) is 34.5 Å². The largest absolute Gasteiger partial charge is 0.464 e. The van der Waals surface area contributed by atoms with Crippen molar-refractivity contribution in [2.24, 2.45) is 44.8 Å². The minimum atomic E-state index is -0.806. The monoisotopic (exact) mass is 486 g/mol. The predicted molar refractivity (Wildman–Crippen MR) is 130 cm³/mol. The van der Waals surface area contributed by atoms with E-state index in [9.17, 15) is 9.59 Å². The van der Waals surface area contributed by atoms with Gasteiger partial charge in [0.25, 0.3) is 0 Å². The van der Waals surface area contributed by atoms with Crippen molar-refractivity contribution in [1.82, 2.24) is 0 Å². The summed E-state index contributed by atoms with van der Waals surface area (Å²) in [5, 5.41) is 8.59. The van der Waals surface area contributed by atoms with Crippen LogP contribution in [-0.4, -0.2) is 49.3 Å². The van der Waals surface area contributed by atoms with E-state index in [1.54, 1.807) is 0 Å². The summed E-state index contributed by atoms with van der Waals surface area (Å²) >= 11 is 0. The van der Waals surface area contributed by atoms with Gasteiger partial charge in [0, 0.05) is 18.8 Å². The molecule has 0 aromatic carbocycles. The number of carbonyl (C=O) groups is 2. The van der Waals surface area contributed by atoms with Gasteiger partial charge < -0.3 is 19.1 Å². The van der Waals surface area contributed by atoms with Gasteiger partial charge in [0.1, 0.15) is 18.9 Å². The van der Waals surface area contributed by atoms with Gasteiger partial charge in [0.2, 0.25) is 0 Å². The Morgan fingerprint density at radius 2 is 1.91 bits per heavy atom. The lowest BCUT2D eigenvalue weighted by atomic mass is 9.46. The van der Waals surface area contributed by atoms with E-state index < -0.39 is 11.6 Å². The van der Waals surface area contributed by atoms with Crippen LogP contribution in [0.4, 0.5) is 0 Å². The number of hydrogen-bond acceptors (Lipinski definition) is 8. The summed E-state index contributed by atoms with van der Waals surface area (Å²) in [5.74, 6) is 0.550. The van der Waals surface area contributed by atoms with Crippen molar-refractivity contribution < 1.29 is 28.7 Å². The third-order valence-electron chi connectivity index (χ3n) is 10.4. The van der Waals surface area contributed by atoms with Crippen LogP contribution in [0.15, 0.2) is 22.0 Å². The van der Waals surface area contributed by atoms with Crippen molar-refractivity contribution in [3.63, 3.8) is 0 Å². The molecule has 8 nitrogen and oxygen atoms in total. The molecule has 0 radical (unpaired) electrons. The average Bonchev–Trinajstić information content (AvgIpc) is 3.32. The molecule has 192 valence electrons. The molecule has 0 unspecified atom stereocenters. The van der Waals surface area contributed by atoms with E-state index in [1.807, 2.05) is 6.92 Å². The molecule has 8 atom stereocenters.